The van der Waals surface area contributed by atoms with E-state index < -0.39 is 0 Å². The molecule has 0 atom stereocenters. The highest BCUT2D eigenvalue weighted by Gasteiger charge is 2.12. The molecule has 3 aromatic heterocycles. The maximum absolute atomic E-state index is 12.0. The molecule has 8 heteroatoms. The van der Waals surface area contributed by atoms with Crippen LogP contribution in [0.4, 0.5) is 5.13 Å². The third kappa shape index (κ3) is 4.02. The maximum Gasteiger partial charge on any atom is 0.248 e. The van der Waals surface area contributed by atoms with Crippen LogP contribution >= 0.6 is 22.7 Å². The second kappa shape index (κ2) is 7.01. The number of aryl methyl sites for hydroxylation is 1. The largest absolute Gasteiger partial charge is 0.421 e. The summed E-state index contributed by atoms with van der Waals surface area (Å²) in [5.41, 5.74) is 0.905. The van der Waals surface area contributed by atoms with Crippen molar-refractivity contribution in [3.8, 4) is 11.5 Å². The van der Waals surface area contributed by atoms with Crippen LogP contribution in [-0.4, -0.2) is 21.1 Å². The molecule has 0 fully saturated rings. The Morgan fingerprint density at radius 1 is 1.39 bits per heavy atom. The fraction of sp³-hybridized carbons (Fsp3) is 0.333. The zero-order valence-electron chi connectivity index (χ0n) is 12.8. The van der Waals surface area contributed by atoms with E-state index in [2.05, 4.69) is 34.3 Å². The summed E-state index contributed by atoms with van der Waals surface area (Å²) in [6.07, 6.45) is 2.49. The summed E-state index contributed by atoms with van der Waals surface area (Å²) in [6.45, 7) is 4.19. The molecule has 0 saturated heterocycles. The number of thiophene rings is 1. The number of hydrogen-bond donors (Lipinski definition) is 1. The second-order valence-electron chi connectivity index (χ2n) is 5.28. The third-order valence-corrected chi connectivity index (χ3v) is 5.04. The van der Waals surface area contributed by atoms with E-state index >= 15 is 0 Å². The summed E-state index contributed by atoms with van der Waals surface area (Å²) in [5.74, 6) is 1.25. The smallest absolute Gasteiger partial charge is 0.248 e. The Balaban J connectivity index is 1.52. The van der Waals surface area contributed by atoms with Gasteiger partial charge in [0.2, 0.25) is 17.7 Å². The quantitative estimate of drug-likeness (QED) is 0.729. The molecule has 1 amide bonds. The summed E-state index contributed by atoms with van der Waals surface area (Å²) in [7, 11) is 0. The molecule has 0 saturated carbocycles. The molecule has 1 N–H and O–H groups in total. The van der Waals surface area contributed by atoms with Crippen LogP contribution in [0.15, 0.2) is 27.4 Å². The van der Waals surface area contributed by atoms with Gasteiger partial charge in [-0.1, -0.05) is 13.8 Å². The Kier molecular flexibility index (Phi) is 4.82. The molecule has 3 heterocycles. The van der Waals surface area contributed by atoms with E-state index in [4.69, 9.17) is 4.42 Å². The number of hydrogen-bond acceptors (Lipinski definition) is 7. The Bertz CT molecular complexity index is 777. The van der Waals surface area contributed by atoms with Crippen LogP contribution in [-0.2, 0) is 11.2 Å². The molecule has 0 unspecified atom stereocenters. The van der Waals surface area contributed by atoms with Crippen molar-refractivity contribution in [1.82, 2.24) is 15.2 Å². The van der Waals surface area contributed by atoms with E-state index in [9.17, 15) is 4.79 Å². The molecule has 3 rings (SSSR count). The Morgan fingerprint density at radius 3 is 2.96 bits per heavy atom. The van der Waals surface area contributed by atoms with E-state index in [0.717, 1.165) is 10.4 Å². The van der Waals surface area contributed by atoms with E-state index in [0.29, 0.717) is 29.3 Å². The molecule has 0 aromatic carbocycles. The van der Waals surface area contributed by atoms with E-state index in [1.165, 1.54) is 11.3 Å². The molecular weight excluding hydrogens is 332 g/mol. The van der Waals surface area contributed by atoms with E-state index in [1.807, 2.05) is 16.8 Å². The minimum Gasteiger partial charge on any atom is -0.421 e. The number of thiazole rings is 1. The van der Waals surface area contributed by atoms with Gasteiger partial charge in [0.15, 0.2) is 5.13 Å². The minimum absolute atomic E-state index is 0.107. The first kappa shape index (κ1) is 15.8. The summed E-state index contributed by atoms with van der Waals surface area (Å²) in [5, 5.41) is 15.3. The lowest BCUT2D eigenvalue weighted by molar-refractivity contribution is -0.116. The van der Waals surface area contributed by atoms with Gasteiger partial charge in [-0.05, 0) is 17.4 Å². The van der Waals surface area contributed by atoms with Crippen LogP contribution in [0.2, 0.25) is 0 Å². The second-order valence-corrected chi connectivity index (χ2v) is 7.13. The van der Waals surface area contributed by atoms with Crippen molar-refractivity contribution >= 4 is 33.7 Å². The van der Waals surface area contributed by atoms with E-state index in [1.54, 1.807) is 17.5 Å². The van der Waals surface area contributed by atoms with Crippen LogP contribution in [0.3, 0.4) is 0 Å². The van der Waals surface area contributed by atoms with Crippen molar-refractivity contribution in [3.05, 3.63) is 33.8 Å². The highest BCUT2D eigenvalue weighted by Crippen LogP contribution is 2.25. The van der Waals surface area contributed by atoms with Crippen molar-refractivity contribution < 1.29 is 9.21 Å². The molecule has 0 aliphatic rings. The van der Waals surface area contributed by atoms with Crippen LogP contribution < -0.4 is 5.32 Å². The number of aromatic nitrogens is 3. The molecule has 0 aliphatic carbocycles. The molecule has 0 radical (unpaired) electrons. The van der Waals surface area contributed by atoms with Crippen molar-refractivity contribution in [2.24, 2.45) is 0 Å². The predicted octanol–water partition coefficient (Wildman–Crippen LogP) is 3.95. The Hall–Kier alpha value is -2.06. The van der Waals surface area contributed by atoms with Gasteiger partial charge in [0, 0.05) is 34.9 Å². The summed E-state index contributed by atoms with van der Waals surface area (Å²) >= 11 is 3.07. The number of carbonyl (C=O) groups excluding carboxylic acids is 1. The fourth-order valence-electron chi connectivity index (χ4n) is 1.87. The molecule has 23 heavy (non-hydrogen) atoms. The average molecular weight is 348 g/mol. The first-order valence-electron chi connectivity index (χ1n) is 7.22. The van der Waals surface area contributed by atoms with Gasteiger partial charge in [-0.25, -0.2) is 4.98 Å². The van der Waals surface area contributed by atoms with Crippen LogP contribution in [0.1, 0.15) is 37.0 Å². The first-order valence-corrected chi connectivity index (χ1v) is 8.98. The van der Waals surface area contributed by atoms with Gasteiger partial charge in [0.25, 0.3) is 0 Å². The lowest BCUT2D eigenvalue weighted by atomic mass is 10.2. The fourth-order valence-corrected chi connectivity index (χ4v) is 3.34. The van der Waals surface area contributed by atoms with Gasteiger partial charge >= 0.3 is 0 Å². The standard InChI is InChI=1S/C15H16N4O2S2/c1-9(2)11-7-16-15(23-11)17-12(20)3-4-13-18-19-14(21-13)10-5-6-22-8-10/h5-9H,3-4H2,1-2H3,(H,16,17,20). The predicted molar refractivity (Wildman–Crippen MR) is 90.8 cm³/mol. The van der Waals surface area contributed by atoms with E-state index in [-0.39, 0.29) is 12.3 Å². The molecule has 0 aliphatic heterocycles. The highest BCUT2D eigenvalue weighted by molar-refractivity contribution is 7.15. The minimum atomic E-state index is -0.107. The molecule has 3 aromatic rings. The lowest BCUT2D eigenvalue weighted by Gasteiger charge is -2.00. The number of nitrogens with zero attached hydrogens (tertiary/aromatic N) is 3. The van der Waals surface area contributed by atoms with Gasteiger partial charge < -0.3 is 9.73 Å². The van der Waals surface area contributed by atoms with Crippen molar-refractivity contribution in [3.63, 3.8) is 0 Å². The van der Waals surface area contributed by atoms with Gasteiger partial charge in [-0.2, -0.15) is 11.3 Å². The molecule has 0 bridgehead atoms. The average Bonchev–Trinajstić information content (AvgIpc) is 3.25. The SMILES string of the molecule is CC(C)c1cnc(NC(=O)CCc2nnc(-c3ccsc3)o2)s1. The first-order chi connectivity index (χ1) is 11.1. The van der Waals surface area contributed by atoms with Gasteiger partial charge in [0.1, 0.15) is 0 Å². The highest BCUT2D eigenvalue weighted by atomic mass is 32.1. The summed E-state index contributed by atoms with van der Waals surface area (Å²) in [6, 6.07) is 1.92. The van der Waals surface area contributed by atoms with Crippen LogP contribution in [0, 0.1) is 0 Å². The number of anilines is 1. The molecule has 120 valence electrons. The third-order valence-electron chi connectivity index (χ3n) is 3.14. The molecule has 0 spiro atoms. The normalized spacial score (nSPS) is 11.1. The zero-order chi connectivity index (χ0) is 16.2. The maximum atomic E-state index is 12.0. The molecular formula is C15H16N4O2S2. The Labute approximate surface area is 141 Å². The number of carbonyl (C=O) groups is 1. The van der Waals surface area contributed by atoms with Gasteiger partial charge in [-0.15, -0.1) is 21.5 Å². The number of nitrogens with one attached hydrogen (secondary N) is 1. The zero-order valence-corrected chi connectivity index (χ0v) is 14.4. The summed E-state index contributed by atoms with van der Waals surface area (Å²) < 4.78 is 5.56. The van der Waals surface area contributed by atoms with Crippen molar-refractivity contribution in [1.29, 1.82) is 0 Å². The number of rotatable bonds is 6. The number of amides is 1. The van der Waals surface area contributed by atoms with Crippen LogP contribution in [0.25, 0.3) is 11.5 Å². The van der Waals surface area contributed by atoms with Crippen molar-refractivity contribution in [2.75, 3.05) is 5.32 Å². The monoisotopic (exact) mass is 348 g/mol. The van der Waals surface area contributed by atoms with Gasteiger partial charge in [-0.3, -0.25) is 4.79 Å². The Morgan fingerprint density at radius 2 is 2.26 bits per heavy atom. The topological polar surface area (TPSA) is 80.9 Å². The van der Waals surface area contributed by atoms with Crippen molar-refractivity contribution in [2.45, 2.75) is 32.6 Å². The lowest BCUT2D eigenvalue weighted by Crippen LogP contribution is -2.12. The summed E-state index contributed by atoms with van der Waals surface area (Å²) in [4.78, 5) is 17.3. The van der Waals surface area contributed by atoms with Gasteiger partial charge in [0.05, 0.1) is 0 Å². The van der Waals surface area contributed by atoms with Crippen LogP contribution in [0.5, 0.6) is 0 Å². The molecule has 6 nitrogen and oxygen atoms in total.